The molecule has 1 aromatic rings. The third-order valence-corrected chi connectivity index (χ3v) is 3.79. The standard InChI is InChI=1S/C13H22N4/c1-9(14)12-4-6-17(7-5-12)13-8-15-10(2)11(3)16-13/h8-9,12H,4-7,14H2,1-3H3. The van der Waals surface area contributed by atoms with E-state index in [1.165, 1.54) is 0 Å². The average molecular weight is 234 g/mol. The lowest BCUT2D eigenvalue weighted by Gasteiger charge is -2.34. The van der Waals surface area contributed by atoms with Crippen LogP contribution in [0.25, 0.3) is 0 Å². The maximum absolute atomic E-state index is 5.95. The molecule has 94 valence electrons. The summed E-state index contributed by atoms with van der Waals surface area (Å²) in [7, 11) is 0. The number of piperidine rings is 1. The summed E-state index contributed by atoms with van der Waals surface area (Å²) in [5.41, 5.74) is 7.99. The molecule has 1 saturated heterocycles. The summed E-state index contributed by atoms with van der Waals surface area (Å²) in [5.74, 6) is 1.67. The molecular formula is C13H22N4. The van der Waals surface area contributed by atoms with Gasteiger partial charge in [0.25, 0.3) is 0 Å². The summed E-state index contributed by atoms with van der Waals surface area (Å²) >= 11 is 0. The van der Waals surface area contributed by atoms with Gasteiger partial charge in [0, 0.05) is 19.1 Å². The minimum atomic E-state index is 0.308. The van der Waals surface area contributed by atoms with E-state index < -0.39 is 0 Å². The monoisotopic (exact) mass is 234 g/mol. The maximum atomic E-state index is 5.95. The quantitative estimate of drug-likeness (QED) is 0.845. The van der Waals surface area contributed by atoms with Crippen LogP contribution in [0.5, 0.6) is 0 Å². The van der Waals surface area contributed by atoms with Crippen molar-refractivity contribution in [1.29, 1.82) is 0 Å². The van der Waals surface area contributed by atoms with Gasteiger partial charge in [0.1, 0.15) is 5.82 Å². The lowest BCUT2D eigenvalue weighted by Crippen LogP contribution is -2.40. The summed E-state index contributed by atoms with van der Waals surface area (Å²) in [5, 5.41) is 0. The fourth-order valence-corrected chi connectivity index (χ4v) is 2.34. The Kier molecular flexibility index (Phi) is 3.62. The zero-order valence-electron chi connectivity index (χ0n) is 11.0. The SMILES string of the molecule is Cc1ncc(N2CCC(C(C)N)CC2)nc1C. The van der Waals surface area contributed by atoms with E-state index in [-0.39, 0.29) is 0 Å². The third kappa shape index (κ3) is 2.75. The minimum absolute atomic E-state index is 0.308. The molecule has 0 aliphatic carbocycles. The van der Waals surface area contributed by atoms with Gasteiger partial charge in [0.2, 0.25) is 0 Å². The van der Waals surface area contributed by atoms with Gasteiger partial charge in [0.15, 0.2) is 0 Å². The van der Waals surface area contributed by atoms with E-state index in [0.717, 1.165) is 43.1 Å². The van der Waals surface area contributed by atoms with Gasteiger partial charge in [-0.25, -0.2) is 4.98 Å². The first-order chi connectivity index (χ1) is 8.08. The van der Waals surface area contributed by atoms with E-state index in [9.17, 15) is 0 Å². The number of hydrogen-bond acceptors (Lipinski definition) is 4. The fourth-order valence-electron chi connectivity index (χ4n) is 2.34. The van der Waals surface area contributed by atoms with Crippen LogP contribution in [0, 0.1) is 19.8 Å². The van der Waals surface area contributed by atoms with Crippen LogP contribution in [-0.4, -0.2) is 29.1 Å². The maximum Gasteiger partial charge on any atom is 0.147 e. The summed E-state index contributed by atoms with van der Waals surface area (Å²) in [4.78, 5) is 11.3. The number of anilines is 1. The number of hydrogen-bond donors (Lipinski definition) is 1. The van der Waals surface area contributed by atoms with Crippen LogP contribution >= 0.6 is 0 Å². The van der Waals surface area contributed by atoms with Gasteiger partial charge >= 0.3 is 0 Å². The predicted molar refractivity (Wildman–Crippen MR) is 70.1 cm³/mol. The second kappa shape index (κ2) is 5.00. The van der Waals surface area contributed by atoms with Crippen LogP contribution in [0.15, 0.2) is 6.20 Å². The molecular weight excluding hydrogens is 212 g/mol. The van der Waals surface area contributed by atoms with Gasteiger partial charge in [-0.3, -0.25) is 4.98 Å². The van der Waals surface area contributed by atoms with Gasteiger partial charge in [0.05, 0.1) is 17.6 Å². The summed E-state index contributed by atoms with van der Waals surface area (Å²) < 4.78 is 0. The molecule has 1 fully saturated rings. The van der Waals surface area contributed by atoms with E-state index in [1.54, 1.807) is 0 Å². The largest absolute Gasteiger partial charge is 0.355 e. The van der Waals surface area contributed by atoms with E-state index in [4.69, 9.17) is 5.73 Å². The van der Waals surface area contributed by atoms with Crippen molar-refractivity contribution in [2.45, 2.75) is 39.7 Å². The molecule has 2 rings (SSSR count). The molecule has 1 atom stereocenters. The zero-order chi connectivity index (χ0) is 12.4. The highest BCUT2D eigenvalue weighted by atomic mass is 15.2. The molecule has 0 bridgehead atoms. The Hall–Kier alpha value is -1.16. The van der Waals surface area contributed by atoms with Crippen molar-refractivity contribution in [3.63, 3.8) is 0 Å². The van der Waals surface area contributed by atoms with Crippen LogP contribution in [0.4, 0.5) is 5.82 Å². The number of nitrogens with two attached hydrogens (primary N) is 1. The Morgan fingerprint density at radius 2 is 1.94 bits per heavy atom. The molecule has 1 aliphatic rings. The smallest absolute Gasteiger partial charge is 0.147 e. The van der Waals surface area contributed by atoms with E-state index in [1.807, 2.05) is 20.0 Å². The first-order valence-electron chi connectivity index (χ1n) is 6.38. The Morgan fingerprint density at radius 1 is 1.29 bits per heavy atom. The van der Waals surface area contributed by atoms with Crippen molar-refractivity contribution in [3.8, 4) is 0 Å². The van der Waals surface area contributed by atoms with Gasteiger partial charge in [-0.2, -0.15) is 0 Å². The molecule has 2 N–H and O–H groups in total. The molecule has 4 heteroatoms. The minimum Gasteiger partial charge on any atom is -0.355 e. The van der Waals surface area contributed by atoms with Gasteiger partial charge in [-0.15, -0.1) is 0 Å². The first-order valence-corrected chi connectivity index (χ1v) is 6.38. The lowest BCUT2D eigenvalue weighted by atomic mass is 9.91. The highest BCUT2D eigenvalue weighted by molar-refractivity contribution is 5.38. The van der Waals surface area contributed by atoms with Gasteiger partial charge in [-0.05, 0) is 39.5 Å². The summed E-state index contributed by atoms with van der Waals surface area (Å²) in [6.45, 7) is 8.21. The molecule has 1 aliphatic heterocycles. The van der Waals surface area contributed by atoms with Gasteiger partial charge < -0.3 is 10.6 Å². The van der Waals surface area contributed by atoms with Crippen molar-refractivity contribution in [3.05, 3.63) is 17.6 Å². The predicted octanol–water partition coefficient (Wildman–Crippen LogP) is 1.66. The first kappa shape index (κ1) is 12.3. The Bertz CT molecular complexity index is 381. The summed E-state index contributed by atoms with van der Waals surface area (Å²) in [6.07, 6.45) is 4.20. The molecule has 0 saturated carbocycles. The van der Waals surface area contributed by atoms with Crippen LogP contribution in [0.1, 0.15) is 31.2 Å². The second-order valence-corrected chi connectivity index (χ2v) is 5.08. The number of rotatable bonds is 2. The molecule has 1 aromatic heterocycles. The fraction of sp³-hybridized carbons (Fsp3) is 0.692. The molecule has 0 radical (unpaired) electrons. The second-order valence-electron chi connectivity index (χ2n) is 5.08. The van der Waals surface area contributed by atoms with Crippen molar-refractivity contribution in [2.75, 3.05) is 18.0 Å². The van der Waals surface area contributed by atoms with Gasteiger partial charge in [-0.1, -0.05) is 0 Å². The Morgan fingerprint density at radius 3 is 2.47 bits per heavy atom. The molecule has 0 amide bonds. The topological polar surface area (TPSA) is 55.0 Å². The van der Waals surface area contributed by atoms with Crippen molar-refractivity contribution >= 4 is 5.82 Å². The summed E-state index contributed by atoms with van der Waals surface area (Å²) in [6, 6.07) is 0.308. The lowest BCUT2D eigenvalue weighted by molar-refractivity contribution is 0.353. The van der Waals surface area contributed by atoms with Crippen LogP contribution in [0.2, 0.25) is 0 Å². The molecule has 0 aromatic carbocycles. The average Bonchev–Trinajstić information content (AvgIpc) is 2.33. The highest BCUT2D eigenvalue weighted by Crippen LogP contribution is 2.23. The Labute approximate surface area is 103 Å². The van der Waals surface area contributed by atoms with Crippen molar-refractivity contribution in [2.24, 2.45) is 11.7 Å². The number of aryl methyl sites for hydroxylation is 2. The molecule has 17 heavy (non-hydrogen) atoms. The van der Waals surface area contributed by atoms with Crippen LogP contribution < -0.4 is 10.6 Å². The van der Waals surface area contributed by atoms with Crippen molar-refractivity contribution in [1.82, 2.24) is 9.97 Å². The molecule has 1 unspecified atom stereocenters. The van der Waals surface area contributed by atoms with Crippen LogP contribution in [-0.2, 0) is 0 Å². The highest BCUT2D eigenvalue weighted by Gasteiger charge is 2.22. The molecule has 0 spiro atoms. The molecule has 4 nitrogen and oxygen atoms in total. The number of nitrogens with zero attached hydrogens (tertiary/aromatic N) is 3. The van der Waals surface area contributed by atoms with E-state index in [0.29, 0.717) is 12.0 Å². The Balaban J connectivity index is 2.03. The number of aromatic nitrogens is 2. The van der Waals surface area contributed by atoms with Crippen molar-refractivity contribution < 1.29 is 0 Å². The third-order valence-electron chi connectivity index (χ3n) is 3.79. The van der Waals surface area contributed by atoms with Crippen LogP contribution in [0.3, 0.4) is 0 Å². The molecule has 2 heterocycles. The van der Waals surface area contributed by atoms with E-state index >= 15 is 0 Å². The zero-order valence-corrected chi connectivity index (χ0v) is 11.0. The normalized spacial score (nSPS) is 19.4. The van der Waals surface area contributed by atoms with E-state index in [2.05, 4.69) is 21.8 Å².